The molecule has 0 bridgehead atoms. The highest BCUT2D eigenvalue weighted by molar-refractivity contribution is 7.09. The Balaban J connectivity index is 2.74. The van der Waals surface area contributed by atoms with Crippen molar-refractivity contribution >= 4 is 17.3 Å². The van der Waals surface area contributed by atoms with Gasteiger partial charge in [0, 0.05) is 5.38 Å². The molecule has 0 saturated carbocycles. The number of carbonyl (C=O) groups excluding carboxylic acids is 1. The second kappa shape index (κ2) is 6.32. The molecular formula is C14H23NO2S. The van der Waals surface area contributed by atoms with Crippen LogP contribution >= 0.6 is 11.3 Å². The number of esters is 1. The van der Waals surface area contributed by atoms with Gasteiger partial charge in [-0.15, -0.1) is 11.3 Å². The largest absolute Gasteiger partial charge is 0.465 e. The van der Waals surface area contributed by atoms with Gasteiger partial charge in [0.1, 0.15) is 5.41 Å². The molecule has 0 radical (unpaired) electrons. The Morgan fingerprint density at radius 2 is 2.17 bits per heavy atom. The standard InChI is InChI=1S/C14H23NO2S/c1-6-17-13(16)14(4,5)11-9-18-12(15-11)8-7-10(2)3/h9-10H,6-8H2,1-5H3. The van der Waals surface area contributed by atoms with Crippen LogP contribution in [0.15, 0.2) is 5.38 Å². The van der Waals surface area contributed by atoms with Crippen LogP contribution in [0.5, 0.6) is 0 Å². The smallest absolute Gasteiger partial charge is 0.317 e. The number of ether oxygens (including phenoxy) is 1. The van der Waals surface area contributed by atoms with E-state index in [0.717, 1.165) is 23.5 Å². The third-order valence-electron chi connectivity index (χ3n) is 2.91. The lowest BCUT2D eigenvalue weighted by atomic mass is 9.90. The molecule has 1 aromatic rings. The van der Waals surface area contributed by atoms with Crippen molar-refractivity contribution in [2.45, 2.75) is 52.9 Å². The Bertz CT molecular complexity index is 396. The van der Waals surface area contributed by atoms with Crippen molar-refractivity contribution in [3.63, 3.8) is 0 Å². The van der Waals surface area contributed by atoms with Crippen molar-refractivity contribution in [2.24, 2.45) is 5.92 Å². The van der Waals surface area contributed by atoms with E-state index in [2.05, 4.69) is 18.8 Å². The predicted molar refractivity (Wildman–Crippen MR) is 74.9 cm³/mol. The Labute approximate surface area is 114 Å². The molecule has 0 saturated heterocycles. The molecule has 18 heavy (non-hydrogen) atoms. The summed E-state index contributed by atoms with van der Waals surface area (Å²) in [4.78, 5) is 16.5. The van der Waals surface area contributed by atoms with Gasteiger partial charge in [0.25, 0.3) is 0 Å². The van der Waals surface area contributed by atoms with E-state index in [-0.39, 0.29) is 5.97 Å². The van der Waals surface area contributed by atoms with Gasteiger partial charge in [-0.2, -0.15) is 0 Å². The fourth-order valence-electron chi connectivity index (χ4n) is 1.54. The van der Waals surface area contributed by atoms with Crippen LogP contribution < -0.4 is 0 Å². The highest BCUT2D eigenvalue weighted by Gasteiger charge is 2.33. The van der Waals surface area contributed by atoms with Crippen LogP contribution in [0.3, 0.4) is 0 Å². The van der Waals surface area contributed by atoms with Crippen molar-refractivity contribution < 1.29 is 9.53 Å². The van der Waals surface area contributed by atoms with Gasteiger partial charge < -0.3 is 4.74 Å². The van der Waals surface area contributed by atoms with Crippen molar-refractivity contribution in [1.29, 1.82) is 0 Å². The molecule has 102 valence electrons. The molecule has 1 heterocycles. The van der Waals surface area contributed by atoms with Crippen LogP contribution in [0.2, 0.25) is 0 Å². The minimum atomic E-state index is -0.650. The first-order valence-corrected chi connectivity index (χ1v) is 7.38. The van der Waals surface area contributed by atoms with Gasteiger partial charge in [0.15, 0.2) is 0 Å². The summed E-state index contributed by atoms with van der Waals surface area (Å²) in [6, 6.07) is 0. The Morgan fingerprint density at radius 3 is 2.72 bits per heavy atom. The lowest BCUT2D eigenvalue weighted by molar-refractivity contribution is -0.148. The van der Waals surface area contributed by atoms with Crippen molar-refractivity contribution in [1.82, 2.24) is 4.98 Å². The Morgan fingerprint density at radius 1 is 1.50 bits per heavy atom. The van der Waals surface area contributed by atoms with E-state index in [9.17, 15) is 4.79 Å². The monoisotopic (exact) mass is 269 g/mol. The fraction of sp³-hybridized carbons (Fsp3) is 0.714. The molecule has 0 amide bonds. The maximum Gasteiger partial charge on any atom is 0.317 e. The Kier molecular flexibility index (Phi) is 5.32. The average molecular weight is 269 g/mol. The van der Waals surface area contributed by atoms with Gasteiger partial charge in [0.05, 0.1) is 17.3 Å². The quantitative estimate of drug-likeness (QED) is 0.741. The van der Waals surface area contributed by atoms with Crippen molar-refractivity contribution in [3.05, 3.63) is 16.1 Å². The maximum absolute atomic E-state index is 11.9. The van der Waals surface area contributed by atoms with Crippen LogP contribution in [0.1, 0.15) is 51.7 Å². The zero-order chi connectivity index (χ0) is 13.8. The number of hydrogen-bond donors (Lipinski definition) is 0. The van der Waals surface area contributed by atoms with Crippen LogP contribution in [0.25, 0.3) is 0 Å². The molecule has 1 aromatic heterocycles. The molecule has 0 aliphatic rings. The fourth-order valence-corrected chi connectivity index (χ4v) is 2.52. The third-order valence-corrected chi connectivity index (χ3v) is 3.82. The van der Waals surface area contributed by atoms with E-state index in [1.165, 1.54) is 0 Å². The molecule has 0 unspecified atom stereocenters. The lowest BCUT2D eigenvalue weighted by Crippen LogP contribution is -2.31. The highest BCUT2D eigenvalue weighted by atomic mass is 32.1. The lowest BCUT2D eigenvalue weighted by Gasteiger charge is -2.19. The van der Waals surface area contributed by atoms with E-state index in [1.807, 2.05) is 26.2 Å². The summed E-state index contributed by atoms with van der Waals surface area (Å²) in [5.41, 5.74) is 0.174. The SMILES string of the molecule is CCOC(=O)C(C)(C)c1csc(CCC(C)C)n1. The van der Waals surface area contributed by atoms with E-state index in [1.54, 1.807) is 11.3 Å². The van der Waals surface area contributed by atoms with Gasteiger partial charge in [-0.05, 0) is 39.5 Å². The van der Waals surface area contributed by atoms with E-state index >= 15 is 0 Å². The number of carbonyl (C=O) groups is 1. The van der Waals surface area contributed by atoms with Crippen molar-refractivity contribution in [2.75, 3.05) is 6.61 Å². The first kappa shape index (κ1) is 15.2. The number of nitrogens with zero attached hydrogens (tertiary/aromatic N) is 1. The molecule has 1 rings (SSSR count). The average Bonchev–Trinajstić information content (AvgIpc) is 2.75. The molecule has 0 aliphatic heterocycles. The van der Waals surface area contributed by atoms with E-state index < -0.39 is 5.41 Å². The van der Waals surface area contributed by atoms with Crippen molar-refractivity contribution in [3.8, 4) is 0 Å². The topological polar surface area (TPSA) is 39.2 Å². The van der Waals surface area contributed by atoms with Crippen LogP contribution in [-0.2, 0) is 21.4 Å². The second-order valence-corrected chi connectivity index (χ2v) is 6.35. The molecule has 3 nitrogen and oxygen atoms in total. The van der Waals surface area contributed by atoms with E-state index in [0.29, 0.717) is 12.5 Å². The first-order valence-electron chi connectivity index (χ1n) is 6.50. The van der Waals surface area contributed by atoms with Crippen LogP contribution in [0, 0.1) is 5.92 Å². The van der Waals surface area contributed by atoms with E-state index in [4.69, 9.17) is 4.74 Å². The molecule has 0 N–H and O–H groups in total. The zero-order valence-electron chi connectivity index (χ0n) is 11.9. The van der Waals surface area contributed by atoms with Gasteiger partial charge in [-0.25, -0.2) is 4.98 Å². The molecule has 0 aromatic carbocycles. The summed E-state index contributed by atoms with van der Waals surface area (Å²) < 4.78 is 5.09. The summed E-state index contributed by atoms with van der Waals surface area (Å²) in [5.74, 6) is 0.473. The van der Waals surface area contributed by atoms with Crippen LogP contribution in [-0.4, -0.2) is 17.6 Å². The summed E-state index contributed by atoms with van der Waals surface area (Å²) in [7, 11) is 0. The molecular weight excluding hydrogens is 246 g/mol. The van der Waals surface area contributed by atoms with Gasteiger partial charge in [-0.1, -0.05) is 13.8 Å². The first-order chi connectivity index (χ1) is 8.37. The Hall–Kier alpha value is -0.900. The number of aryl methyl sites for hydroxylation is 1. The van der Waals surface area contributed by atoms with Crippen LogP contribution in [0.4, 0.5) is 0 Å². The predicted octanol–water partition coefficient (Wildman–Crippen LogP) is 3.57. The number of rotatable bonds is 6. The summed E-state index contributed by atoms with van der Waals surface area (Å²) in [5, 5.41) is 3.09. The van der Waals surface area contributed by atoms with Gasteiger partial charge >= 0.3 is 5.97 Å². The molecule has 0 spiro atoms. The third kappa shape index (κ3) is 3.80. The zero-order valence-corrected chi connectivity index (χ0v) is 12.8. The summed E-state index contributed by atoms with van der Waals surface area (Å²) >= 11 is 1.64. The molecule has 0 fully saturated rings. The highest BCUT2D eigenvalue weighted by Crippen LogP contribution is 2.27. The molecule has 0 aliphatic carbocycles. The number of hydrogen-bond acceptors (Lipinski definition) is 4. The van der Waals surface area contributed by atoms with Gasteiger partial charge in [-0.3, -0.25) is 4.79 Å². The second-order valence-electron chi connectivity index (χ2n) is 5.40. The molecule has 4 heteroatoms. The minimum absolute atomic E-state index is 0.203. The summed E-state index contributed by atoms with van der Waals surface area (Å²) in [6.45, 7) is 10.4. The molecule has 0 atom stereocenters. The minimum Gasteiger partial charge on any atom is -0.465 e. The number of aromatic nitrogens is 1. The number of thiazole rings is 1. The maximum atomic E-state index is 11.9. The normalized spacial score (nSPS) is 11.9. The summed E-state index contributed by atoms with van der Waals surface area (Å²) in [6.07, 6.45) is 2.12. The van der Waals surface area contributed by atoms with Gasteiger partial charge in [0.2, 0.25) is 0 Å².